The topological polar surface area (TPSA) is 60.3 Å². The second-order valence-corrected chi connectivity index (χ2v) is 5.17. The van der Waals surface area contributed by atoms with Crippen molar-refractivity contribution in [3.63, 3.8) is 0 Å². The number of amides is 1. The fourth-order valence-electron chi connectivity index (χ4n) is 2.24. The van der Waals surface area contributed by atoms with Crippen LogP contribution in [0.4, 0.5) is 0 Å². The molecule has 0 bridgehead atoms. The van der Waals surface area contributed by atoms with Crippen molar-refractivity contribution in [2.45, 2.75) is 13.0 Å². The minimum atomic E-state index is -0.760. The van der Waals surface area contributed by atoms with Crippen molar-refractivity contribution in [2.24, 2.45) is 0 Å². The van der Waals surface area contributed by atoms with Crippen molar-refractivity contribution in [3.8, 4) is 0 Å². The molecule has 0 saturated carbocycles. The molecule has 0 spiro atoms. The van der Waals surface area contributed by atoms with Crippen LogP contribution >= 0.6 is 0 Å². The third kappa shape index (κ3) is 3.23. The Kier molecular flexibility index (Phi) is 4.10. The highest BCUT2D eigenvalue weighted by atomic mass is 16.7. The minimum absolute atomic E-state index is 0.313. The number of rotatable bonds is 4. The molecule has 5 nitrogen and oxygen atoms in total. The molecule has 1 unspecified atom stereocenters. The molecular formula is C18H16N2O3. The first-order valence-electron chi connectivity index (χ1n) is 7.29. The number of hydrogen-bond acceptors (Lipinski definition) is 3. The highest BCUT2D eigenvalue weighted by Crippen LogP contribution is 2.13. The molecule has 116 valence electrons. The molecule has 2 aromatic carbocycles. The molecule has 23 heavy (non-hydrogen) atoms. The SMILES string of the molecule is CC(NC(=O)c1ccccc1)C(=O)On1ccc2ccccc21. The molecule has 3 aromatic rings. The van der Waals surface area contributed by atoms with E-state index in [0.717, 1.165) is 10.9 Å². The van der Waals surface area contributed by atoms with Crippen molar-refractivity contribution >= 4 is 22.8 Å². The Balaban J connectivity index is 1.67. The quantitative estimate of drug-likeness (QED) is 0.805. The van der Waals surface area contributed by atoms with Gasteiger partial charge in [-0.2, -0.15) is 4.73 Å². The maximum atomic E-state index is 12.2. The van der Waals surface area contributed by atoms with Gasteiger partial charge < -0.3 is 10.2 Å². The Labute approximate surface area is 133 Å². The van der Waals surface area contributed by atoms with Gasteiger partial charge in [0.2, 0.25) is 0 Å². The number of benzene rings is 2. The van der Waals surface area contributed by atoms with E-state index in [1.54, 1.807) is 37.4 Å². The van der Waals surface area contributed by atoms with Crippen LogP contribution in [-0.4, -0.2) is 22.6 Å². The van der Waals surface area contributed by atoms with E-state index in [4.69, 9.17) is 4.84 Å². The molecule has 0 fully saturated rings. The Morgan fingerprint density at radius 2 is 1.70 bits per heavy atom. The molecule has 1 atom stereocenters. The first-order chi connectivity index (χ1) is 11.1. The van der Waals surface area contributed by atoms with Gasteiger partial charge in [-0.3, -0.25) is 4.79 Å². The summed E-state index contributed by atoms with van der Waals surface area (Å²) in [4.78, 5) is 29.5. The number of aromatic nitrogens is 1. The number of para-hydroxylation sites is 1. The zero-order chi connectivity index (χ0) is 16.2. The average molecular weight is 308 g/mol. The van der Waals surface area contributed by atoms with Crippen LogP contribution in [0.1, 0.15) is 17.3 Å². The molecule has 0 aliphatic carbocycles. The van der Waals surface area contributed by atoms with Crippen LogP contribution in [0.5, 0.6) is 0 Å². The van der Waals surface area contributed by atoms with Crippen LogP contribution in [0.3, 0.4) is 0 Å². The first kappa shape index (κ1) is 14.8. The van der Waals surface area contributed by atoms with E-state index >= 15 is 0 Å². The summed E-state index contributed by atoms with van der Waals surface area (Å²) in [6.07, 6.45) is 1.67. The van der Waals surface area contributed by atoms with E-state index in [1.165, 1.54) is 4.73 Å². The van der Waals surface area contributed by atoms with E-state index in [9.17, 15) is 9.59 Å². The average Bonchev–Trinajstić information content (AvgIpc) is 2.98. The van der Waals surface area contributed by atoms with Crippen molar-refractivity contribution < 1.29 is 14.4 Å². The third-order valence-corrected chi connectivity index (χ3v) is 3.49. The smallest absolute Gasteiger partial charge is 0.339 e. The number of hydrogen-bond donors (Lipinski definition) is 1. The van der Waals surface area contributed by atoms with Gasteiger partial charge in [-0.05, 0) is 31.2 Å². The van der Waals surface area contributed by atoms with E-state index in [-0.39, 0.29) is 5.91 Å². The minimum Gasteiger partial charge on any atom is -0.339 e. The molecule has 3 rings (SSSR count). The summed E-state index contributed by atoms with van der Waals surface area (Å²) in [6.45, 7) is 1.59. The van der Waals surface area contributed by atoms with Gasteiger partial charge in [0, 0.05) is 17.1 Å². The molecule has 1 amide bonds. The Morgan fingerprint density at radius 1 is 1.00 bits per heavy atom. The Morgan fingerprint density at radius 3 is 2.48 bits per heavy atom. The van der Waals surface area contributed by atoms with Gasteiger partial charge in [0.05, 0.1) is 5.52 Å². The Bertz CT molecular complexity index is 840. The van der Waals surface area contributed by atoms with Gasteiger partial charge in [-0.25, -0.2) is 4.79 Å². The first-order valence-corrected chi connectivity index (χ1v) is 7.29. The summed E-state index contributed by atoms with van der Waals surface area (Å²) in [7, 11) is 0. The van der Waals surface area contributed by atoms with Crippen molar-refractivity contribution in [3.05, 3.63) is 72.4 Å². The monoisotopic (exact) mass is 308 g/mol. The predicted molar refractivity (Wildman–Crippen MR) is 86.9 cm³/mol. The van der Waals surface area contributed by atoms with Crippen LogP contribution in [0.25, 0.3) is 10.9 Å². The van der Waals surface area contributed by atoms with E-state index in [2.05, 4.69) is 5.32 Å². The summed E-state index contributed by atoms with van der Waals surface area (Å²) in [5, 5.41) is 3.60. The van der Waals surface area contributed by atoms with Gasteiger partial charge >= 0.3 is 5.97 Å². The maximum Gasteiger partial charge on any atom is 0.354 e. The molecule has 0 aliphatic rings. The fourth-order valence-corrected chi connectivity index (χ4v) is 2.24. The van der Waals surface area contributed by atoms with E-state index in [1.807, 2.05) is 36.4 Å². The summed E-state index contributed by atoms with van der Waals surface area (Å²) in [6, 6.07) is 17.4. The number of carbonyl (C=O) groups is 2. The highest BCUT2D eigenvalue weighted by Gasteiger charge is 2.19. The van der Waals surface area contributed by atoms with Crippen LogP contribution in [0, 0.1) is 0 Å². The summed E-state index contributed by atoms with van der Waals surface area (Å²) >= 11 is 0. The van der Waals surface area contributed by atoms with Gasteiger partial charge in [0.15, 0.2) is 0 Å². The van der Waals surface area contributed by atoms with Crippen molar-refractivity contribution in [2.75, 3.05) is 0 Å². The van der Waals surface area contributed by atoms with Crippen LogP contribution in [0.15, 0.2) is 66.9 Å². The molecule has 1 N–H and O–H groups in total. The second-order valence-electron chi connectivity index (χ2n) is 5.17. The lowest BCUT2D eigenvalue weighted by molar-refractivity contribution is -0.145. The zero-order valence-electron chi connectivity index (χ0n) is 12.6. The number of carbonyl (C=O) groups excluding carboxylic acids is 2. The van der Waals surface area contributed by atoms with Crippen molar-refractivity contribution in [1.82, 2.24) is 10.0 Å². The number of nitrogens with one attached hydrogen (secondary N) is 1. The zero-order valence-corrected chi connectivity index (χ0v) is 12.6. The summed E-state index contributed by atoms with van der Waals surface area (Å²) in [5.74, 6) is -0.844. The normalized spacial score (nSPS) is 11.9. The van der Waals surface area contributed by atoms with Gasteiger partial charge in [0.25, 0.3) is 5.91 Å². The Hall–Kier alpha value is -3.08. The van der Waals surface area contributed by atoms with Crippen LogP contribution < -0.4 is 10.2 Å². The van der Waals surface area contributed by atoms with E-state index in [0.29, 0.717) is 5.56 Å². The largest absolute Gasteiger partial charge is 0.354 e. The predicted octanol–water partition coefficient (Wildman–Crippen LogP) is 2.42. The molecule has 0 saturated heterocycles. The molecule has 0 aliphatic heterocycles. The molecule has 1 aromatic heterocycles. The third-order valence-electron chi connectivity index (χ3n) is 3.49. The summed E-state index contributed by atoms with van der Waals surface area (Å²) < 4.78 is 1.41. The number of fused-ring (bicyclic) bond motifs is 1. The van der Waals surface area contributed by atoms with Gasteiger partial charge in [-0.15, -0.1) is 0 Å². The van der Waals surface area contributed by atoms with Gasteiger partial charge in [0.1, 0.15) is 6.04 Å². The molecular weight excluding hydrogens is 292 g/mol. The second kappa shape index (κ2) is 6.36. The van der Waals surface area contributed by atoms with E-state index < -0.39 is 12.0 Å². The fraction of sp³-hybridized carbons (Fsp3) is 0.111. The van der Waals surface area contributed by atoms with Crippen molar-refractivity contribution in [1.29, 1.82) is 0 Å². The number of nitrogens with zero attached hydrogens (tertiary/aromatic N) is 1. The lowest BCUT2D eigenvalue weighted by Crippen LogP contribution is -2.42. The highest BCUT2D eigenvalue weighted by molar-refractivity contribution is 5.96. The standard InChI is InChI=1S/C18H16N2O3/c1-13(19-17(21)15-8-3-2-4-9-15)18(22)23-20-12-11-14-7-5-6-10-16(14)20/h2-13H,1H3,(H,19,21). The van der Waals surface area contributed by atoms with Crippen LogP contribution in [-0.2, 0) is 4.79 Å². The lowest BCUT2D eigenvalue weighted by atomic mass is 10.2. The molecule has 5 heteroatoms. The van der Waals surface area contributed by atoms with Gasteiger partial charge in [-0.1, -0.05) is 36.4 Å². The lowest BCUT2D eigenvalue weighted by Gasteiger charge is -2.13. The maximum absolute atomic E-state index is 12.2. The molecule has 1 heterocycles. The molecule has 0 radical (unpaired) electrons. The summed E-state index contributed by atoms with van der Waals surface area (Å²) in [5.41, 5.74) is 1.29. The van der Waals surface area contributed by atoms with Crippen LogP contribution in [0.2, 0.25) is 0 Å².